The van der Waals surface area contributed by atoms with Crippen molar-refractivity contribution >= 4 is 11.8 Å². The van der Waals surface area contributed by atoms with E-state index in [-0.39, 0.29) is 24.9 Å². The van der Waals surface area contributed by atoms with Gasteiger partial charge in [-0.2, -0.15) is 5.10 Å². The minimum atomic E-state index is -2.79. The van der Waals surface area contributed by atoms with Crippen LogP contribution in [0.25, 0.3) is 5.69 Å². The standard InChI is InChI=1S/C36H46F2N6O2/c1-24-13-25(2)44(41-24)32-15-28(26-7-4-5-8-26)14-29(16-32)30(17-33(45)46-3)18-42-20-35(21-42)22-43(23-36(35,37)38)19-31-11-10-27-9-6-12-39-34(27)40-31/h10-11,13-16,26,30H,4-9,12,17-23H2,1-3H3,(H,39,40)/t30-/m1/s1. The number of anilines is 1. The number of esters is 1. The number of carbonyl (C=O) groups excluding carboxylic acids is 1. The number of halogens is 2. The van der Waals surface area contributed by atoms with Crippen molar-refractivity contribution in [2.75, 3.05) is 51.7 Å². The number of likely N-dealkylation sites (tertiary alicyclic amines) is 2. The van der Waals surface area contributed by atoms with Crippen molar-refractivity contribution in [3.8, 4) is 5.69 Å². The lowest BCUT2D eigenvalue weighted by Gasteiger charge is -2.51. The highest BCUT2D eigenvalue weighted by Gasteiger charge is 2.65. The third-order valence-electron chi connectivity index (χ3n) is 10.7. The van der Waals surface area contributed by atoms with E-state index in [9.17, 15) is 4.79 Å². The molecule has 1 saturated carbocycles. The zero-order chi connectivity index (χ0) is 32.1. The zero-order valence-corrected chi connectivity index (χ0v) is 27.3. The van der Waals surface area contributed by atoms with Crippen LogP contribution in [0.2, 0.25) is 0 Å². The first-order valence-corrected chi connectivity index (χ1v) is 16.9. The number of hydrogen-bond donors (Lipinski definition) is 1. The van der Waals surface area contributed by atoms with Gasteiger partial charge < -0.3 is 15.0 Å². The fourth-order valence-corrected chi connectivity index (χ4v) is 8.40. The van der Waals surface area contributed by atoms with E-state index < -0.39 is 11.3 Å². The Balaban J connectivity index is 1.10. The van der Waals surface area contributed by atoms with Gasteiger partial charge in [-0.3, -0.25) is 9.69 Å². The maximum Gasteiger partial charge on any atom is 0.306 e. The molecule has 0 amide bonds. The number of carbonyl (C=O) groups is 1. The number of ether oxygens (including phenoxy) is 1. The molecule has 2 saturated heterocycles. The highest BCUT2D eigenvalue weighted by molar-refractivity contribution is 5.70. The van der Waals surface area contributed by atoms with Crippen LogP contribution in [0.5, 0.6) is 0 Å². The smallest absolute Gasteiger partial charge is 0.306 e. The SMILES string of the molecule is COC(=O)C[C@H](CN1CC2(CN(Cc3ccc4c(n3)NCCC4)CC2(F)F)C1)c1cc(C2CCCC2)cc(-n2nc(C)cc2C)c1. The topological polar surface area (TPSA) is 75.5 Å². The van der Waals surface area contributed by atoms with Crippen LogP contribution in [0.1, 0.15) is 84.1 Å². The molecule has 5 heterocycles. The highest BCUT2D eigenvalue weighted by Crippen LogP contribution is 2.51. The summed E-state index contributed by atoms with van der Waals surface area (Å²) >= 11 is 0. The van der Waals surface area contributed by atoms with Crippen molar-refractivity contribution in [2.45, 2.75) is 83.1 Å². The summed E-state index contributed by atoms with van der Waals surface area (Å²) in [6.45, 7) is 6.58. The molecule has 246 valence electrons. The monoisotopic (exact) mass is 632 g/mol. The maximum absolute atomic E-state index is 15.7. The minimum absolute atomic E-state index is 0.180. The number of alkyl halides is 2. The first kappa shape index (κ1) is 31.2. The molecule has 1 aromatic carbocycles. The number of fused-ring (bicyclic) bond motifs is 1. The number of nitrogens with zero attached hydrogens (tertiary/aromatic N) is 5. The lowest BCUT2D eigenvalue weighted by Crippen LogP contribution is -2.65. The molecule has 3 aliphatic heterocycles. The van der Waals surface area contributed by atoms with Gasteiger partial charge in [-0.1, -0.05) is 25.0 Å². The van der Waals surface area contributed by atoms with Gasteiger partial charge in [-0.05, 0) is 86.4 Å². The van der Waals surface area contributed by atoms with Crippen molar-refractivity contribution in [1.29, 1.82) is 0 Å². The Morgan fingerprint density at radius 3 is 2.57 bits per heavy atom. The quantitative estimate of drug-likeness (QED) is 0.290. The molecule has 1 atom stereocenters. The van der Waals surface area contributed by atoms with Crippen molar-refractivity contribution in [3.63, 3.8) is 0 Å². The molecule has 8 nitrogen and oxygen atoms in total. The third kappa shape index (κ3) is 6.06. The number of pyridine rings is 1. The first-order chi connectivity index (χ1) is 22.1. The van der Waals surface area contributed by atoms with Crippen LogP contribution in [0.15, 0.2) is 36.4 Å². The molecule has 7 rings (SSSR count). The summed E-state index contributed by atoms with van der Waals surface area (Å²) in [6, 6.07) is 12.8. The van der Waals surface area contributed by atoms with E-state index in [4.69, 9.17) is 14.8 Å². The molecule has 1 aliphatic carbocycles. The van der Waals surface area contributed by atoms with Crippen molar-refractivity contribution < 1.29 is 18.3 Å². The van der Waals surface area contributed by atoms with Crippen LogP contribution in [0.3, 0.4) is 0 Å². The second kappa shape index (κ2) is 12.3. The lowest BCUT2D eigenvalue weighted by molar-refractivity contribution is -0.158. The summed E-state index contributed by atoms with van der Waals surface area (Å²) in [4.78, 5) is 21.4. The molecule has 1 spiro atoms. The third-order valence-corrected chi connectivity index (χ3v) is 10.7. The summed E-state index contributed by atoms with van der Waals surface area (Å²) in [5.74, 6) is -1.89. The van der Waals surface area contributed by atoms with Crippen LogP contribution in [0.4, 0.5) is 14.6 Å². The van der Waals surface area contributed by atoms with Crippen LogP contribution in [0, 0.1) is 19.3 Å². The number of benzene rings is 1. The Morgan fingerprint density at radius 1 is 1.04 bits per heavy atom. The van der Waals surface area contributed by atoms with E-state index in [1.54, 1.807) is 0 Å². The van der Waals surface area contributed by atoms with Gasteiger partial charge in [0.05, 0.1) is 42.6 Å². The van der Waals surface area contributed by atoms with E-state index in [0.29, 0.717) is 38.6 Å². The molecule has 4 aliphatic rings. The van der Waals surface area contributed by atoms with Crippen molar-refractivity contribution in [3.05, 3.63) is 70.2 Å². The molecule has 0 bridgehead atoms. The fraction of sp³-hybridized carbons (Fsp3) is 0.583. The van der Waals surface area contributed by atoms with Crippen molar-refractivity contribution in [1.82, 2.24) is 24.6 Å². The van der Waals surface area contributed by atoms with Crippen LogP contribution < -0.4 is 5.32 Å². The molecular weight excluding hydrogens is 586 g/mol. The molecule has 2 aromatic heterocycles. The summed E-state index contributed by atoms with van der Waals surface area (Å²) < 4.78 is 38.5. The van der Waals surface area contributed by atoms with Gasteiger partial charge in [-0.25, -0.2) is 18.4 Å². The number of hydrogen-bond acceptors (Lipinski definition) is 7. The Morgan fingerprint density at radius 2 is 1.83 bits per heavy atom. The van der Waals surface area contributed by atoms with E-state index in [1.807, 2.05) is 22.6 Å². The molecule has 3 fully saturated rings. The molecule has 10 heteroatoms. The summed E-state index contributed by atoms with van der Waals surface area (Å²) in [7, 11) is 1.41. The molecule has 1 N–H and O–H groups in total. The van der Waals surface area contributed by atoms with E-state index in [2.05, 4.69) is 47.5 Å². The predicted molar refractivity (Wildman–Crippen MR) is 174 cm³/mol. The van der Waals surface area contributed by atoms with Gasteiger partial charge in [0.15, 0.2) is 0 Å². The molecule has 3 aromatic rings. The number of aryl methyl sites for hydroxylation is 3. The zero-order valence-electron chi connectivity index (χ0n) is 27.3. The normalized spacial score (nSPS) is 21.6. The summed E-state index contributed by atoms with van der Waals surface area (Å²) in [6.07, 6.45) is 7.03. The summed E-state index contributed by atoms with van der Waals surface area (Å²) in [5.41, 5.74) is 6.26. The lowest BCUT2D eigenvalue weighted by atomic mass is 9.75. The maximum atomic E-state index is 15.7. The van der Waals surface area contributed by atoms with E-state index in [0.717, 1.165) is 66.4 Å². The predicted octanol–water partition coefficient (Wildman–Crippen LogP) is 6.00. The van der Waals surface area contributed by atoms with Crippen LogP contribution >= 0.6 is 0 Å². The second-order valence-electron chi connectivity index (χ2n) is 14.3. The summed E-state index contributed by atoms with van der Waals surface area (Å²) in [5, 5.41) is 8.11. The number of nitrogens with one attached hydrogen (secondary N) is 1. The van der Waals surface area contributed by atoms with Gasteiger partial charge in [0.2, 0.25) is 0 Å². The average molecular weight is 633 g/mol. The Labute approximate surface area is 270 Å². The second-order valence-corrected chi connectivity index (χ2v) is 14.3. The van der Waals surface area contributed by atoms with E-state index in [1.165, 1.54) is 31.1 Å². The van der Waals surface area contributed by atoms with Crippen LogP contribution in [-0.4, -0.2) is 82.8 Å². The Hall–Kier alpha value is -3.37. The first-order valence-electron chi connectivity index (χ1n) is 16.9. The fourth-order valence-electron chi connectivity index (χ4n) is 8.40. The van der Waals surface area contributed by atoms with E-state index >= 15 is 8.78 Å². The number of rotatable bonds is 9. The van der Waals surface area contributed by atoms with Gasteiger partial charge in [0.25, 0.3) is 5.92 Å². The average Bonchev–Trinajstić information content (AvgIpc) is 3.73. The van der Waals surface area contributed by atoms with Gasteiger partial charge in [-0.15, -0.1) is 0 Å². The van der Waals surface area contributed by atoms with Gasteiger partial charge in [0, 0.05) is 50.9 Å². The van der Waals surface area contributed by atoms with Crippen LogP contribution in [-0.2, 0) is 22.5 Å². The molecule has 46 heavy (non-hydrogen) atoms. The molecule has 0 radical (unpaired) electrons. The van der Waals surface area contributed by atoms with Gasteiger partial charge in [0.1, 0.15) is 5.82 Å². The Kier molecular flexibility index (Phi) is 8.38. The largest absolute Gasteiger partial charge is 0.469 e. The minimum Gasteiger partial charge on any atom is -0.469 e. The molecular formula is C36H46F2N6O2. The highest BCUT2D eigenvalue weighted by atomic mass is 19.3. The number of aromatic nitrogens is 3. The number of methoxy groups -OCH3 is 1. The molecule has 0 unspecified atom stereocenters. The van der Waals surface area contributed by atoms with Crippen molar-refractivity contribution in [2.24, 2.45) is 5.41 Å². The Bertz CT molecular complexity index is 1590. The van der Waals surface area contributed by atoms with Gasteiger partial charge >= 0.3 is 5.97 Å².